The second kappa shape index (κ2) is 9.27. The van der Waals surface area contributed by atoms with E-state index in [0.29, 0.717) is 5.02 Å². The summed E-state index contributed by atoms with van der Waals surface area (Å²) in [6, 6.07) is 15.4. The first-order valence-electron chi connectivity index (χ1n) is 9.94. The van der Waals surface area contributed by atoms with Gasteiger partial charge in [0.1, 0.15) is 5.75 Å². The Bertz CT molecular complexity index is 734. The van der Waals surface area contributed by atoms with Crippen molar-refractivity contribution in [1.29, 1.82) is 0 Å². The molecule has 1 saturated carbocycles. The average Bonchev–Trinajstić information content (AvgIpc) is 2.70. The van der Waals surface area contributed by atoms with Crippen LogP contribution < -0.4 is 10.1 Å². The molecule has 0 aliphatic heterocycles. The quantitative estimate of drug-likeness (QED) is 0.563. The topological polar surface area (TPSA) is 38.3 Å². The van der Waals surface area contributed by atoms with Crippen molar-refractivity contribution < 1.29 is 9.53 Å². The molecule has 2 aromatic carbocycles. The van der Waals surface area contributed by atoms with Crippen LogP contribution in [0.15, 0.2) is 48.5 Å². The van der Waals surface area contributed by atoms with Gasteiger partial charge in [-0.25, -0.2) is 0 Å². The van der Waals surface area contributed by atoms with Crippen LogP contribution in [0.25, 0.3) is 0 Å². The average molecular weight is 386 g/mol. The molecule has 144 valence electrons. The number of carbonyl (C=O) groups excluding carboxylic acids is 1. The van der Waals surface area contributed by atoms with Gasteiger partial charge in [0.05, 0.1) is 12.0 Å². The largest absolute Gasteiger partial charge is 0.494 e. The van der Waals surface area contributed by atoms with Crippen molar-refractivity contribution in [2.75, 3.05) is 11.9 Å². The maximum Gasteiger partial charge on any atom is 0.235 e. The smallest absolute Gasteiger partial charge is 0.235 e. The molecule has 0 aromatic heterocycles. The van der Waals surface area contributed by atoms with Crippen LogP contribution in [-0.2, 0) is 10.2 Å². The van der Waals surface area contributed by atoms with Crippen molar-refractivity contribution in [1.82, 2.24) is 0 Å². The number of amides is 1. The summed E-state index contributed by atoms with van der Waals surface area (Å²) < 4.78 is 5.70. The van der Waals surface area contributed by atoms with Gasteiger partial charge >= 0.3 is 0 Å². The third-order valence-corrected chi connectivity index (χ3v) is 5.67. The Hall–Kier alpha value is -2.00. The Morgan fingerprint density at radius 3 is 2.33 bits per heavy atom. The molecule has 3 rings (SSSR count). The van der Waals surface area contributed by atoms with Crippen molar-refractivity contribution in [3.05, 3.63) is 59.1 Å². The lowest BCUT2D eigenvalue weighted by Crippen LogP contribution is -2.42. The fraction of sp³-hybridized carbons (Fsp3) is 0.435. The number of carbonyl (C=O) groups is 1. The molecule has 0 saturated heterocycles. The Kier molecular flexibility index (Phi) is 6.78. The lowest BCUT2D eigenvalue weighted by atomic mass is 9.68. The number of anilines is 1. The van der Waals surface area contributed by atoms with E-state index in [-0.39, 0.29) is 5.91 Å². The van der Waals surface area contributed by atoms with Crippen molar-refractivity contribution in [2.45, 2.75) is 57.3 Å². The van der Waals surface area contributed by atoms with E-state index in [2.05, 4.69) is 12.2 Å². The summed E-state index contributed by atoms with van der Waals surface area (Å²) in [6.45, 7) is 2.87. The van der Waals surface area contributed by atoms with E-state index >= 15 is 0 Å². The van der Waals surface area contributed by atoms with E-state index < -0.39 is 5.41 Å². The molecule has 1 aliphatic rings. The molecule has 0 atom stereocenters. The minimum atomic E-state index is -0.473. The van der Waals surface area contributed by atoms with Gasteiger partial charge in [-0.3, -0.25) is 4.79 Å². The molecule has 1 fully saturated rings. The van der Waals surface area contributed by atoms with Crippen LogP contribution in [-0.4, -0.2) is 12.5 Å². The van der Waals surface area contributed by atoms with Crippen molar-refractivity contribution in [2.24, 2.45) is 0 Å². The van der Waals surface area contributed by atoms with Gasteiger partial charge in [0, 0.05) is 10.7 Å². The number of unbranched alkanes of at least 4 members (excludes halogenated alkanes) is 1. The Labute approximate surface area is 167 Å². The molecular weight excluding hydrogens is 358 g/mol. The van der Waals surface area contributed by atoms with Gasteiger partial charge in [-0.15, -0.1) is 0 Å². The van der Waals surface area contributed by atoms with Crippen LogP contribution in [0.3, 0.4) is 0 Å². The molecule has 1 amide bonds. The predicted molar refractivity (Wildman–Crippen MR) is 112 cm³/mol. The molecule has 0 spiro atoms. The van der Waals surface area contributed by atoms with Gasteiger partial charge in [0.25, 0.3) is 0 Å². The highest BCUT2D eigenvalue weighted by Gasteiger charge is 2.41. The van der Waals surface area contributed by atoms with Crippen LogP contribution >= 0.6 is 11.6 Å². The number of halogens is 1. The first kappa shape index (κ1) is 19.8. The van der Waals surface area contributed by atoms with Crippen molar-refractivity contribution >= 4 is 23.2 Å². The SMILES string of the molecule is CCCCOc1ccc(NC(=O)C2(c3ccc(Cl)cc3)CCCCC2)cc1. The van der Waals surface area contributed by atoms with E-state index in [4.69, 9.17) is 16.3 Å². The summed E-state index contributed by atoms with van der Waals surface area (Å²) in [6.07, 6.45) is 7.23. The Morgan fingerprint density at radius 1 is 1.04 bits per heavy atom. The lowest BCUT2D eigenvalue weighted by molar-refractivity contribution is -0.122. The monoisotopic (exact) mass is 385 g/mol. The molecule has 0 bridgehead atoms. The van der Waals surface area contributed by atoms with E-state index in [1.165, 1.54) is 6.42 Å². The third-order valence-electron chi connectivity index (χ3n) is 5.42. The van der Waals surface area contributed by atoms with Crippen LogP contribution in [0, 0.1) is 0 Å². The highest BCUT2D eigenvalue weighted by molar-refractivity contribution is 6.30. The molecule has 4 heteroatoms. The fourth-order valence-electron chi connectivity index (χ4n) is 3.79. The zero-order valence-electron chi connectivity index (χ0n) is 16.0. The van der Waals surface area contributed by atoms with Gasteiger partial charge in [0.2, 0.25) is 5.91 Å². The molecule has 0 radical (unpaired) electrons. The Morgan fingerprint density at radius 2 is 1.70 bits per heavy atom. The second-order valence-corrected chi connectivity index (χ2v) is 7.77. The molecule has 1 aliphatic carbocycles. The van der Waals surface area contributed by atoms with Crippen LogP contribution in [0.4, 0.5) is 5.69 Å². The van der Waals surface area contributed by atoms with Crippen LogP contribution in [0.1, 0.15) is 57.4 Å². The normalized spacial score (nSPS) is 15.9. The maximum atomic E-state index is 13.3. The number of rotatable bonds is 7. The molecule has 2 aromatic rings. The number of hydrogen-bond acceptors (Lipinski definition) is 2. The van der Waals surface area contributed by atoms with Gasteiger partial charge in [-0.05, 0) is 61.2 Å². The summed E-state index contributed by atoms with van der Waals surface area (Å²) in [5.41, 5.74) is 1.39. The second-order valence-electron chi connectivity index (χ2n) is 7.33. The van der Waals surface area contributed by atoms with E-state index in [0.717, 1.165) is 62.1 Å². The van der Waals surface area contributed by atoms with Crippen molar-refractivity contribution in [3.8, 4) is 5.75 Å². The third kappa shape index (κ3) is 4.84. The minimum absolute atomic E-state index is 0.0733. The first-order chi connectivity index (χ1) is 13.1. The van der Waals surface area contributed by atoms with E-state index in [1.54, 1.807) is 0 Å². The summed E-state index contributed by atoms with van der Waals surface area (Å²) in [7, 11) is 0. The molecule has 3 nitrogen and oxygen atoms in total. The van der Waals surface area contributed by atoms with Gasteiger partial charge in [-0.1, -0.05) is 56.3 Å². The van der Waals surface area contributed by atoms with E-state index in [1.807, 2.05) is 48.5 Å². The molecule has 0 heterocycles. The maximum absolute atomic E-state index is 13.3. The fourth-order valence-corrected chi connectivity index (χ4v) is 3.92. The lowest BCUT2D eigenvalue weighted by Gasteiger charge is -2.36. The summed E-state index contributed by atoms with van der Waals surface area (Å²) >= 11 is 6.05. The van der Waals surface area contributed by atoms with Gasteiger partial charge in [-0.2, -0.15) is 0 Å². The highest BCUT2D eigenvalue weighted by Crippen LogP contribution is 2.41. The Balaban J connectivity index is 1.74. The van der Waals surface area contributed by atoms with Gasteiger partial charge in [0.15, 0.2) is 0 Å². The zero-order chi connectivity index (χ0) is 19.1. The number of hydrogen-bond donors (Lipinski definition) is 1. The minimum Gasteiger partial charge on any atom is -0.494 e. The number of nitrogens with one attached hydrogen (secondary N) is 1. The van der Waals surface area contributed by atoms with E-state index in [9.17, 15) is 4.79 Å². The standard InChI is InChI=1S/C23H28ClNO2/c1-2-3-17-27-21-13-11-20(12-14-21)25-22(26)23(15-5-4-6-16-23)18-7-9-19(24)10-8-18/h7-14H,2-6,15-17H2,1H3,(H,25,26). The molecule has 27 heavy (non-hydrogen) atoms. The summed E-state index contributed by atoms with van der Waals surface area (Å²) in [4.78, 5) is 13.3. The van der Waals surface area contributed by atoms with Gasteiger partial charge < -0.3 is 10.1 Å². The highest BCUT2D eigenvalue weighted by atomic mass is 35.5. The molecular formula is C23H28ClNO2. The zero-order valence-corrected chi connectivity index (χ0v) is 16.7. The first-order valence-corrected chi connectivity index (χ1v) is 10.3. The number of benzene rings is 2. The molecule has 0 unspecified atom stereocenters. The van der Waals surface area contributed by atoms with Crippen LogP contribution in [0.2, 0.25) is 5.02 Å². The van der Waals surface area contributed by atoms with Crippen molar-refractivity contribution in [3.63, 3.8) is 0 Å². The predicted octanol–water partition coefficient (Wildman–Crippen LogP) is 6.36. The molecule has 1 N–H and O–H groups in total. The summed E-state index contributed by atoms with van der Waals surface area (Å²) in [5.74, 6) is 0.913. The summed E-state index contributed by atoms with van der Waals surface area (Å²) in [5, 5.41) is 3.83. The van der Waals surface area contributed by atoms with Crippen LogP contribution in [0.5, 0.6) is 5.75 Å². The number of ether oxygens (including phenoxy) is 1.